The molecule has 0 aliphatic rings. The van der Waals surface area contributed by atoms with Gasteiger partial charge in [-0.3, -0.25) is 9.48 Å². The molecular formula is C16H12N4O2. The molecule has 1 amide bonds. The maximum Gasteiger partial charge on any atom is 0.291 e. The Bertz CT molecular complexity index is 828. The summed E-state index contributed by atoms with van der Waals surface area (Å²) in [5.74, 6) is 0.423. The van der Waals surface area contributed by atoms with E-state index in [1.807, 2.05) is 18.3 Å². The number of amides is 1. The van der Waals surface area contributed by atoms with E-state index < -0.39 is 5.91 Å². The number of hydrogen-bond acceptors (Lipinski definition) is 4. The zero-order valence-electron chi connectivity index (χ0n) is 11.6. The van der Waals surface area contributed by atoms with Crippen LogP contribution in [-0.4, -0.2) is 15.7 Å². The number of carbonyl (C=O) groups excluding carboxylic acids is 1. The molecule has 1 aromatic carbocycles. The van der Waals surface area contributed by atoms with Gasteiger partial charge < -0.3 is 9.73 Å². The highest BCUT2D eigenvalue weighted by molar-refractivity contribution is 6.02. The average molecular weight is 292 g/mol. The minimum Gasteiger partial charge on any atom is -0.454 e. The van der Waals surface area contributed by atoms with E-state index in [-0.39, 0.29) is 5.76 Å². The van der Waals surface area contributed by atoms with Crippen LogP contribution < -0.4 is 5.32 Å². The molecule has 0 bridgehead atoms. The van der Waals surface area contributed by atoms with Crippen LogP contribution in [0.2, 0.25) is 0 Å². The molecule has 0 spiro atoms. The lowest BCUT2D eigenvalue weighted by molar-refractivity contribution is 0.0994. The Morgan fingerprint density at radius 2 is 2.14 bits per heavy atom. The van der Waals surface area contributed by atoms with E-state index in [2.05, 4.69) is 10.4 Å². The molecule has 2 heterocycles. The topological polar surface area (TPSA) is 83.9 Å². The Morgan fingerprint density at radius 3 is 2.91 bits per heavy atom. The number of para-hydroxylation sites is 1. The van der Waals surface area contributed by atoms with Crippen LogP contribution >= 0.6 is 0 Å². The number of nitrogens with one attached hydrogen (secondary N) is 1. The van der Waals surface area contributed by atoms with Crippen molar-refractivity contribution in [2.75, 3.05) is 5.32 Å². The monoisotopic (exact) mass is 292 g/mol. The molecule has 0 unspecified atom stereocenters. The largest absolute Gasteiger partial charge is 0.454 e. The number of nitriles is 1. The summed E-state index contributed by atoms with van der Waals surface area (Å²) in [6, 6.07) is 14.0. The molecule has 1 N–H and O–H groups in total. The fourth-order valence-corrected chi connectivity index (χ4v) is 2.01. The van der Waals surface area contributed by atoms with Gasteiger partial charge in [0.1, 0.15) is 11.8 Å². The van der Waals surface area contributed by atoms with E-state index in [0.29, 0.717) is 23.6 Å². The first-order valence-electron chi connectivity index (χ1n) is 6.63. The standard InChI is InChI=1S/C16H12N4O2/c17-10-12-4-1-2-5-14(12)19-16(21)15-7-6-13(22-15)11-20-9-3-8-18-20/h1-9H,11H2,(H,19,21). The first-order chi connectivity index (χ1) is 10.8. The zero-order valence-corrected chi connectivity index (χ0v) is 11.6. The van der Waals surface area contributed by atoms with Gasteiger partial charge >= 0.3 is 0 Å². The molecule has 22 heavy (non-hydrogen) atoms. The first kappa shape index (κ1) is 13.6. The van der Waals surface area contributed by atoms with Gasteiger partial charge in [-0.15, -0.1) is 0 Å². The number of aromatic nitrogens is 2. The highest BCUT2D eigenvalue weighted by Crippen LogP contribution is 2.16. The third-order valence-corrected chi connectivity index (χ3v) is 3.06. The quantitative estimate of drug-likeness (QED) is 0.801. The Kier molecular flexibility index (Phi) is 3.70. The minimum absolute atomic E-state index is 0.190. The van der Waals surface area contributed by atoms with Gasteiger partial charge in [-0.2, -0.15) is 10.4 Å². The summed E-state index contributed by atoms with van der Waals surface area (Å²) in [6.07, 6.45) is 3.49. The average Bonchev–Trinajstić information content (AvgIpc) is 3.20. The second-order valence-corrected chi connectivity index (χ2v) is 4.58. The molecule has 0 fully saturated rings. The smallest absolute Gasteiger partial charge is 0.291 e. The number of hydrogen-bond donors (Lipinski definition) is 1. The molecule has 0 saturated heterocycles. The number of rotatable bonds is 4. The molecule has 0 radical (unpaired) electrons. The fourth-order valence-electron chi connectivity index (χ4n) is 2.01. The van der Waals surface area contributed by atoms with E-state index in [1.165, 1.54) is 0 Å². The number of nitrogens with zero attached hydrogens (tertiary/aromatic N) is 3. The Morgan fingerprint density at radius 1 is 1.27 bits per heavy atom. The van der Waals surface area contributed by atoms with Crippen molar-refractivity contribution in [3.63, 3.8) is 0 Å². The normalized spacial score (nSPS) is 10.1. The van der Waals surface area contributed by atoms with Crippen molar-refractivity contribution in [3.05, 3.63) is 71.9 Å². The van der Waals surface area contributed by atoms with E-state index in [1.54, 1.807) is 47.3 Å². The van der Waals surface area contributed by atoms with E-state index in [9.17, 15) is 4.79 Å². The van der Waals surface area contributed by atoms with Crippen molar-refractivity contribution in [2.24, 2.45) is 0 Å². The molecule has 6 heteroatoms. The van der Waals surface area contributed by atoms with Crippen LogP contribution in [0.15, 0.2) is 59.3 Å². The van der Waals surface area contributed by atoms with Gasteiger partial charge in [-0.25, -0.2) is 0 Å². The van der Waals surface area contributed by atoms with Crippen LogP contribution in [0.3, 0.4) is 0 Å². The lowest BCUT2D eigenvalue weighted by atomic mass is 10.2. The minimum atomic E-state index is -0.394. The third kappa shape index (κ3) is 2.88. The lowest BCUT2D eigenvalue weighted by Gasteiger charge is -2.04. The summed E-state index contributed by atoms with van der Waals surface area (Å²) in [5.41, 5.74) is 0.860. The molecule has 0 aliphatic heterocycles. The van der Waals surface area contributed by atoms with Crippen molar-refractivity contribution in [3.8, 4) is 6.07 Å². The molecule has 0 saturated carbocycles. The van der Waals surface area contributed by atoms with Crippen LogP contribution in [0.1, 0.15) is 21.9 Å². The number of carbonyl (C=O) groups is 1. The van der Waals surface area contributed by atoms with E-state index in [4.69, 9.17) is 9.68 Å². The summed E-state index contributed by atoms with van der Waals surface area (Å²) in [4.78, 5) is 12.2. The summed E-state index contributed by atoms with van der Waals surface area (Å²) < 4.78 is 7.21. The van der Waals surface area contributed by atoms with Crippen molar-refractivity contribution >= 4 is 11.6 Å². The summed E-state index contributed by atoms with van der Waals surface area (Å²) in [6.45, 7) is 0.453. The molecule has 0 aliphatic carbocycles. The molecule has 108 valence electrons. The van der Waals surface area contributed by atoms with Gasteiger partial charge in [0.05, 0.1) is 17.8 Å². The predicted octanol–water partition coefficient (Wildman–Crippen LogP) is 2.65. The molecular weight excluding hydrogens is 280 g/mol. The molecule has 3 rings (SSSR count). The van der Waals surface area contributed by atoms with Gasteiger partial charge in [-0.1, -0.05) is 12.1 Å². The Labute approximate surface area is 126 Å². The lowest BCUT2D eigenvalue weighted by Crippen LogP contribution is -2.12. The van der Waals surface area contributed by atoms with Crippen molar-refractivity contribution in [2.45, 2.75) is 6.54 Å². The SMILES string of the molecule is N#Cc1ccccc1NC(=O)c1ccc(Cn2cccn2)o1. The highest BCUT2D eigenvalue weighted by Gasteiger charge is 2.13. The number of anilines is 1. The maximum absolute atomic E-state index is 12.2. The van der Waals surface area contributed by atoms with Crippen molar-refractivity contribution in [1.29, 1.82) is 5.26 Å². The first-order valence-corrected chi connectivity index (χ1v) is 6.63. The molecule has 3 aromatic rings. The van der Waals surface area contributed by atoms with E-state index in [0.717, 1.165) is 0 Å². The second kappa shape index (κ2) is 5.97. The fraction of sp³-hybridized carbons (Fsp3) is 0.0625. The van der Waals surface area contributed by atoms with Gasteiger partial charge in [0.2, 0.25) is 0 Å². The van der Waals surface area contributed by atoms with Crippen molar-refractivity contribution in [1.82, 2.24) is 9.78 Å². The Hall–Kier alpha value is -3.33. The van der Waals surface area contributed by atoms with Crippen LogP contribution in [0, 0.1) is 11.3 Å². The van der Waals surface area contributed by atoms with Crippen molar-refractivity contribution < 1.29 is 9.21 Å². The van der Waals surface area contributed by atoms with E-state index >= 15 is 0 Å². The molecule has 2 aromatic heterocycles. The summed E-state index contributed by atoms with van der Waals surface area (Å²) in [7, 11) is 0. The van der Waals surface area contributed by atoms with Crippen LogP contribution in [0.5, 0.6) is 0 Å². The maximum atomic E-state index is 12.2. The summed E-state index contributed by atoms with van der Waals surface area (Å²) >= 11 is 0. The van der Waals surface area contributed by atoms with Gasteiger partial charge in [0.25, 0.3) is 5.91 Å². The van der Waals surface area contributed by atoms with Crippen LogP contribution in [0.4, 0.5) is 5.69 Å². The summed E-state index contributed by atoms with van der Waals surface area (Å²) in [5, 5.41) is 15.8. The van der Waals surface area contributed by atoms with Crippen LogP contribution in [0.25, 0.3) is 0 Å². The van der Waals surface area contributed by atoms with Gasteiger partial charge in [0.15, 0.2) is 5.76 Å². The predicted molar refractivity (Wildman–Crippen MR) is 79.1 cm³/mol. The van der Waals surface area contributed by atoms with Gasteiger partial charge in [0, 0.05) is 12.4 Å². The molecule has 0 atom stereocenters. The number of benzene rings is 1. The third-order valence-electron chi connectivity index (χ3n) is 3.06. The number of furan rings is 1. The second-order valence-electron chi connectivity index (χ2n) is 4.58. The zero-order chi connectivity index (χ0) is 15.4. The molecule has 6 nitrogen and oxygen atoms in total. The highest BCUT2D eigenvalue weighted by atomic mass is 16.4. The Balaban J connectivity index is 1.73. The van der Waals surface area contributed by atoms with Gasteiger partial charge in [-0.05, 0) is 30.3 Å². The van der Waals surface area contributed by atoms with Crippen LogP contribution in [-0.2, 0) is 6.54 Å².